The summed E-state index contributed by atoms with van der Waals surface area (Å²) in [6.07, 6.45) is 2.68. The van der Waals surface area contributed by atoms with Crippen molar-refractivity contribution in [2.45, 2.75) is 33.2 Å². The molecule has 21 heavy (non-hydrogen) atoms. The molecule has 2 aromatic heterocycles. The number of carbonyl (C=O) groups excluding carboxylic acids is 1. The summed E-state index contributed by atoms with van der Waals surface area (Å²) in [4.78, 5) is 19.1. The maximum Gasteiger partial charge on any atom is 0.255 e. The van der Waals surface area contributed by atoms with Crippen LogP contribution in [0.2, 0.25) is 0 Å². The average molecular weight is 303 g/mol. The van der Waals surface area contributed by atoms with Crippen LogP contribution >= 0.6 is 11.3 Å². The number of aryl methyl sites for hydroxylation is 1. The Balaban J connectivity index is 2.09. The van der Waals surface area contributed by atoms with Gasteiger partial charge < -0.3 is 10.6 Å². The third kappa shape index (κ3) is 4.04. The third-order valence-corrected chi connectivity index (χ3v) is 4.31. The first-order chi connectivity index (χ1) is 10.1. The number of rotatable bonds is 6. The van der Waals surface area contributed by atoms with Crippen molar-refractivity contribution in [3.63, 3.8) is 0 Å². The molecule has 1 atom stereocenters. The predicted molar refractivity (Wildman–Crippen MR) is 88.0 cm³/mol. The van der Waals surface area contributed by atoms with Crippen LogP contribution in [0.4, 0.5) is 5.82 Å². The number of nitrogens with one attached hydrogen (secondary N) is 2. The van der Waals surface area contributed by atoms with Crippen LogP contribution in [0.1, 0.15) is 46.4 Å². The lowest BCUT2D eigenvalue weighted by molar-refractivity contribution is 0.0941. The van der Waals surface area contributed by atoms with E-state index < -0.39 is 0 Å². The first-order valence-electron chi connectivity index (χ1n) is 7.18. The molecule has 1 amide bonds. The van der Waals surface area contributed by atoms with Crippen molar-refractivity contribution in [2.75, 3.05) is 11.9 Å². The van der Waals surface area contributed by atoms with Crippen LogP contribution in [0.15, 0.2) is 30.5 Å². The van der Waals surface area contributed by atoms with E-state index in [0.29, 0.717) is 11.4 Å². The van der Waals surface area contributed by atoms with Crippen molar-refractivity contribution in [2.24, 2.45) is 0 Å². The molecule has 2 rings (SSSR count). The molecule has 0 saturated heterocycles. The highest BCUT2D eigenvalue weighted by Crippen LogP contribution is 2.23. The second-order valence-corrected chi connectivity index (χ2v) is 6.29. The Bertz CT molecular complexity index is 609. The molecular formula is C16H21N3OS. The van der Waals surface area contributed by atoms with E-state index >= 15 is 0 Å². The zero-order valence-electron chi connectivity index (χ0n) is 12.6. The van der Waals surface area contributed by atoms with E-state index in [1.165, 1.54) is 4.88 Å². The highest BCUT2D eigenvalue weighted by molar-refractivity contribution is 7.12. The van der Waals surface area contributed by atoms with E-state index in [1.54, 1.807) is 29.7 Å². The number of hydrogen-bond donors (Lipinski definition) is 2. The molecule has 112 valence electrons. The molecule has 1 unspecified atom stereocenters. The van der Waals surface area contributed by atoms with Gasteiger partial charge in [-0.2, -0.15) is 0 Å². The van der Waals surface area contributed by atoms with Crippen LogP contribution in [0.5, 0.6) is 0 Å². The summed E-state index contributed by atoms with van der Waals surface area (Å²) in [5.41, 5.74) is 0.589. The van der Waals surface area contributed by atoms with Gasteiger partial charge in [0.05, 0.1) is 11.6 Å². The number of nitrogens with zero attached hydrogens (tertiary/aromatic N) is 1. The number of thiophene rings is 1. The zero-order chi connectivity index (χ0) is 15.2. The minimum absolute atomic E-state index is 0.00423. The van der Waals surface area contributed by atoms with Crippen molar-refractivity contribution in [3.8, 4) is 0 Å². The average Bonchev–Trinajstić information content (AvgIpc) is 2.92. The number of carbonyl (C=O) groups is 1. The van der Waals surface area contributed by atoms with Crippen molar-refractivity contribution in [1.82, 2.24) is 10.3 Å². The lowest BCUT2D eigenvalue weighted by atomic mass is 10.2. The third-order valence-electron chi connectivity index (χ3n) is 3.13. The Morgan fingerprint density at radius 2 is 2.19 bits per heavy atom. The fourth-order valence-corrected chi connectivity index (χ4v) is 2.88. The van der Waals surface area contributed by atoms with Crippen LogP contribution < -0.4 is 10.6 Å². The SMILES string of the molecule is CCCNc1ncccc1C(=O)NC(C)c1ccc(C)s1. The molecule has 0 aliphatic heterocycles. The molecule has 4 nitrogen and oxygen atoms in total. The lowest BCUT2D eigenvalue weighted by Gasteiger charge is -2.14. The van der Waals surface area contributed by atoms with Crippen LogP contribution in [-0.2, 0) is 0 Å². The van der Waals surface area contributed by atoms with E-state index in [0.717, 1.165) is 17.8 Å². The second-order valence-electron chi connectivity index (χ2n) is 4.97. The van der Waals surface area contributed by atoms with Crippen LogP contribution in [-0.4, -0.2) is 17.4 Å². The highest BCUT2D eigenvalue weighted by atomic mass is 32.1. The summed E-state index contributed by atoms with van der Waals surface area (Å²) in [6, 6.07) is 7.71. The van der Waals surface area contributed by atoms with Gasteiger partial charge in [0, 0.05) is 22.5 Å². The fraction of sp³-hybridized carbons (Fsp3) is 0.375. The number of pyridine rings is 1. The Labute approximate surface area is 129 Å². The number of aromatic nitrogens is 1. The molecule has 2 heterocycles. The van der Waals surface area contributed by atoms with E-state index in [1.807, 2.05) is 6.92 Å². The van der Waals surface area contributed by atoms with Gasteiger partial charge in [-0.3, -0.25) is 4.79 Å². The summed E-state index contributed by atoms with van der Waals surface area (Å²) in [7, 11) is 0. The number of anilines is 1. The van der Waals surface area contributed by atoms with E-state index in [4.69, 9.17) is 0 Å². The maximum absolute atomic E-state index is 12.4. The van der Waals surface area contributed by atoms with Gasteiger partial charge in [-0.25, -0.2) is 4.98 Å². The molecule has 0 aliphatic carbocycles. The van der Waals surface area contributed by atoms with Gasteiger partial charge in [-0.15, -0.1) is 11.3 Å². The van der Waals surface area contributed by atoms with Crippen molar-refractivity contribution < 1.29 is 4.79 Å². The van der Waals surface area contributed by atoms with Gasteiger partial charge in [0.15, 0.2) is 0 Å². The van der Waals surface area contributed by atoms with Gasteiger partial charge in [0.25, 0.3) is 5.91 Å². The number of hydrogen-bond acceptors (Lipinski definition) is 4. The molecule has 0 radical (unpaired) electrons. The van der Waals surface area contributed by atoms with Crippen LogP contribution in [0, 0.1) is 6.92 Å². The van der Waals surface area contributed by atoms with Crippen LogP contribution in [0.3, 0.4) is 0 Å². The molecule has 0 fully saturated rings. The minimum atomic E-state index is -0.0970. The van der Waals surface area contributed by atoms with E-state index in [2.05, 4.69) is 41.6 Å². The standard InChI is InChI=1S/C16H21N3OS/c1-4-9-17-15-13(6-5-10-18-15)16(20)19-12(3)14-8-7-11(2)21-14/h5-8,10,12H,4,9H2,1-3H3,(H,17,18)(H,19,20). The smallest absolute Gasteiger partial charge is 0.255 e. The summed E-state index contributed by atoms with van der Waals surface area (Å²) < 4.78 is 0. The molecule has 0 spiro atoms. The molecule has 0 bridgehead atoms. The molecule has 2 N–H and O–H groups in total. The summed E-state index contributed by atoms with van der Waals surface area (Å²) in [5.74, 6) is 0.548. The Morgan fingerprint density at radius 3 is 2.86 bits per heavy atom. The van der Waals surface area contributed by atoms with Crippen molar-refractivity contribution >= 4 is 23.1 Å². The predicted octanol–water partition coefficient (Wildman–Crippen LogP) is 3.76. The van der Waals surface area contributed by atoms with E-state index in [-0.39, 0.29) is 11.9 Å². The molecule has 5 heteroatoms. The quantitative estimate of drug-likeness (QED) is 0.854. The molecule has 0 aliphatic rings. The fourth-order valence-electron chi connectivity index (χ4n) is 2.00. The number of amides is 1. The summed E-state index contributed by atoms with van der Waals surface area (Å²) in [5, 5.41) is 6.23. The summed E-state index contributed by atoms with van der Waals surface area (Å²) in [6.45, 7) is 6.95. The van der Waals surface area contributed by atoms with Gasteiger partial charge in [0.2, 0.25) is 0 Å². The van der Waals surface area contributed by atoms with Crippen molar-refractivity contribution in [1.29, 1.82) is 0 Å². The highest BCUT2D eigenvalue weighted by Gasteiger charge is 2.16. The van der Waals surface area contributed by atoms with Gasteiger partial charge in [-0.1, -0.05) is 6.92 Å². The van der Waals surface area contributed by atoms with Crippen molar-refractivity contribution in [3.05, 3.63) is 45.8 Å². The van der Waals surface area contributed by atoms with Gasteiger partial charge in [-0.05, 0) is 44.5 Å². The topological polar surface area (TPSA) is 54.0 Å². The molecule has 2 aromatic rings. The molecule has 0 aromatic carbocycles. The first kappa shape index (κ1) is 15.5. The largest absolute Gasteiger partial charge is 0.369 e. The monoisotopic (exact) mass is 303 g/mol. The summed E-state index contributed by atoms with van der Waals surface area (Å²) >= 11 is 1.71. The minimum Gasteiger partial charge on any atom is -0.369 e. The first-order valence-corrected chi connectivity index (χ1v) is 7.99. The Morgan fingerprint density at radius 1 is 1.38 bits per heavy atom. The van der Waals surface area contributed by atoms with Gasteiger partial charge >= 0.3 is 0 Å². The lowest BCUT2D eigenvalue weighted by Crippen LogP contribution is -2.27. The van der Waals surface area contributed by atoms with E-state index in [9.17, 15) is 4.79 Å². The zero-order valence-corrected chi connectivity index (χ0v) is 13.5. The molecule has 0 saturated carbocycles. The Kier molecular flexibility index (Phi) is 5.33. The van der Waals surface area contributed by atoms with Gasteiger partial charge in [0.1, 0.15) is 5.82 Å². The van der Waals surface area contributed by atoms with Crippen LogP contribution in [0.25, 0.3) is 0 Å². The maximum atomic E-state index is 12.4. The Hall–Kier alpha value is -1.88. The second kappa shape index (κ2) is 7.22. The normalized spacial score (nSPS) is 12.0. The molecular weight excluding hydrogens is 282 g/mol.